The summed E-state index contributed by atoms with van der Waals surface area (Å²) < 4.78 is 34.9. The van der Waals surface area contributed by atoms with Crippen LogP contribution in [0.5, 0.6) is 0 Å². The number of nitrogens with zero attached hydrogens (tertiary/aromatic N) is 1. The van der Waals surface area contributed by atoms with Crippen molar-refractivity contribution in [1.82, 2.24) is 4.90 Å². The van der Waals surface area contributed by atoms with Gasteiger partial charge >= 0.3 is 6.18 Å². The van der Waals surface area contributed by atoms with Crippen LogP contribution in [-0.4, -0.2) is 42.9 Å². The summed E-state index contributed by atoms with van der Waals surface area (Å²) in [5.41, 5.74) is 0. The molecule has 0 rings (SSSR count). The van der Waals surface area contributed by atoms with E-state index < -0.39 is 18.7 Å². The van der Waals surface area contributed by atoms with E-state index in [1.54, 1.807) is 19.0 Å². The van der Waals surface area contributed by atoms with E-state index in [2.05, 4.69) is 0 Å². The van der Waals surface area contributed by atoms with Gasteiger partial charge in [-0.2, -0.15) is 13.2 Å². The molecule has 0 saturated heterocycles. The molecule has 2 nitrogen and oxygen atoms in total. The van der Waals surface area contributed by atoms with Crippen molar-refractivity contribution in [2.75, 3.05) is 20.6 Å². The molecule has 0 aliphatic heterocycles. The summed E-state index contributed by atoms with van der Waals surface area (Å²) in [7, 11) is 3.41. The first-order chi connectivity index (χ1) is 5.31. The lowest BCUT2D eigenvalue weighted by Crippen LogP contribution is -2.27. The summed E-state index contributed by atoms with van der Waals surface area (Å²) in [4.78, 5) is 1.65. The number of hydrogen-bond donors (Lipinski definition) is 1. The van der Waals surface area contributed by atoms with Crippen LogP contribution < -0.4 is 0 Å². The van der Waals surface area contributed by atoms with Crippen LogP contribution in [0.25, 0.3) is 0 Å². The van der Waals surface area contributed by atoms with Crippen LogP contribution in [0.3, 0.4) is 0 Å². The van der Waals surface area contributed by atoms with Crippen molar-refractivity contribution >= 4 is 0 Å². The van der Waals surface area contributed by atoms with Crippen molar-refractivity contribution in [3.05, 3.63) is 0 Å². The number of likely N-dealkylation sites (N-methyl/N-ethyl adjacent to an activating group) is 1. The predicted molar refractivity (Wildman–Crippen MR) is 39.8 cm³/mol. The number of rotatable bonds is 4. The van der Waals surface area contributed by atoms with Gasteiger partial charge in [-0.25, -0.2) is 0 Å². The van der Waals surface area contributed by atoms with Gasteiger partial charge in [-0.3, -0.25) is 0 Å². The van der Waals surface area contributed by atoms with Crippen molar-refractivity contribution in [3.63, 3.8) is 0 Å². The van der Waals surface area contributed by atoms with Gasteiger partial charge in [-0.05, 0) is 20.5 Å². The van der Waals surface area contributed by atoms with E-state index in [1.807, 2.05) is 0 Å². The largest absolute Gasteiger partial charge is 0.392 e. The van der Waals surface area contributed by atoms with Crippen molar-refractivity contribution in [2.24, 2.45) is 0 Å². The summed E-state index contributed by atoms with van der Waals surface area (Å²) in [5, 5.41) is 9.04. The van der Waals surface area contributed by atoms with E-state index in [4.69, 9.17) is 5.11 Å². The summed E-state index contributed by atoms with van der Waals surface area (Å²) >= 11 is 0. The summed E-state index contributed by atoms with van der Waals surface area (Å²) in [6, 6.07) is 0. The molecule has 0 fully saturated rings. The molecule has 0 radical (unpaired) electrons. The fourth-order valence-electron chi connectivity index (χ4n) is 0.843. The van der Waals surface area contributed by atoms with Crippen LogP contribution in [0.4, 0.5) is 13.2 Å². The Kier molecular flexibility index (Phi) is 4.55. The van der Waals surface area contributed by atoms with E-state index in [1.165, 1.54) is 0 Å². The lowest BCUT2D eigenvalue weighted by atomic mass is 10.2. The third-order valence-corrected chi connectivity index (χ3v) is 1.34. The van der Waals surface area contributed by atoms with Gasteiger partial charge in [0.05, 0.1) is 6.10 Å². The van der Waals surface area contributed by atoms with Gasteiger partial charge in [0.2, 0.25) is 0 Å². The second-order valence-corrected chi connectivity index (χ2v) is 3.07. The van der Waals surface area contributed by atoms with E-state index in [-0.39, 0.29) is 13.0 Å². The number of hydrogen-bond acceptors (Lipinski definition) is 2. The fourth-order valence-corrected chi connectivity index (χ4v) is 0.843. The Morgan fingerprint density at radius 2 is 1.83 bits per heavy atom. The Hall–Kier alpha value is -0.290. The molecule has 0 aromatic heterocycles. The van der Waals surface area contributed by atoms with Gasteiger partial charge in [0.15, 0.2) is 0 Å². The zero-order valence-corrected chi connectivity index (χ0v) is 7.23. The van der Waals surface area contributed by atoms with Gasteiger partial charge < -0.3 is 10.0 Å². The van der Waals surface area contributed by atoms with Gasteiger partial charge in [-0.1, -0.05) is 0 Å². The van der Waals surface area contributed by atoms with Crippen LogP contribution in [0.1, 0.15) is 12.8 Å². The SMILES string of the molecule is CN(C)CC(O)CCC(F)(F)F. The standard InChI is InChI=1S/C7H14F3NO/c1-11(2)5-6(12)3-4-7(8,9)10/h6,12H,3-5H2,1-2H3. The smallest absolute Gasteiger partial charge is 0.389 e. The number of aliphatic hydroxyl groups excluding tert-OH is 1. The molecule has 0 aromatic carbocycles. The molecule has 0 bridgehead atoms. The molecular weight excluding hydrogens is 171 g/mol. The quantitative estimate of drug-likeness (QED) is 0.712. The molecule has 0 amide bonds. The molecule has 0 aliphatic rings. The molecule has 0 spiro atoms. The van der Waals surface area contributed by atoms with Crippen molar-refractivity contribution in [1.29, 1.82) is 0 Å². The highest BCUT2D eigenvalue weighted by Crippen LogP contribution is 2.22. The molecular formula is C7H14F3NO. The van der Waals surface area contributed by atoms with Crippen LogP contribution in [0.2, 0.25) is 0 Å². The molecule has 74 valence electrons. The molecule has 0 saturated carbocycles. The van der Waals surface area contributed by atoms with Crippen molar-refractivity contribution < 1.29 is 18.3 Å². The van der Waals surface area contributed by atoms with Gasteiger partial charge in [0.25, 0.3) is 0 Å². The minimum atomic E-state index is -4.16. The third-order valence-electron chi connectivity index (χ3n) is 1.34. The maximum absolute atomic E-state index is 11.6. The van der Waals surface area contributed by atoms with E-state index in [0.29, 0.717) is 0 Å². The van der Waals surface area contributed by atoms with E-state index in [9.17, 15) is 13.2 Å². The molecule has 0 aliphatic carbocycles. The maximum Gasteiger partial charge on any atom is 0.389 e. The van der Waals surface area contributed by atoms with Crippen molar-refractivity contribution in [2.45, 2.75) is 25.1 Å². The summed E-state index contributed by atoms with van der Waals surface area (Å²) in [6.07, 6.45) is -6.18. The fraction of sp³-hybridized carbons (Fsp3) is 1.00. The summed E-state index contributed by atoms with van der Waals surface area (Å²) in [5.74, 6) is 0. The topological polar surface area (TPSA) is 23.5 Å². The minimum absolute atomic E-state index is 0.221. The Balaban J connectivity index is 3.51. The Morgan fingerprint density at radius 1 is 1.33 bits per heavy atom. The lowest BCUT2D eigenvalue weighted by molar-refractivity contribution is -0.140. The minimum Gasteiger partial charge on any atom is -0.392 e. The molecule has 12 heavy (non-hydrogen) atoms. The van der Waals surface area contributed by atoms with Gasteiger partial charge in [0.1, 0.15) is 0 Å². The number of halogens is 3. The first kappa shape index (κ1) is 11.7. The highest BCUT2D eigenvalue weighted by molar-refractivity contribution is 4.61. The first-order valence-corrected chi connectivity index (χ1v) is 3.71. The monoisotopic (exact) mass is 185 g/mol. The van der Waals surface area contributed by atoms with Gasteiger partial charge in [0, 0.05) is 13.0 Å². The molecule has 0 aromatic rings. The average molecular weight is 185 g/mol. The Bertz CT molecular complexity index is 124. The Morgan fingerprint density at radius 3 is 2.17 bits per heavy atom. The molecule has 1 N–H and O–H groups in total. The molecule has 1 unspecified atom stereocenters. The highest BCUT2D eigenvalue weighted by atomic mass is 19.4. The van der Waals surface area contributed by atoms with Crippen LogP contribution >= 0.6 is 0 Å². The third kappa shape index (κ3) is 7.81. The van der Waals surface area contributed by atoms with Crippen LogP contribution in [0.15, 0.2) is 0 Å². The van der Waals surface area contributed by atoms with E-state index in [0.717, 1.165) is 0 Å². The summed E-state index contributed by atoms with van der Waals surface area (Å²) in [6.45, 7) is 0.274. The predicted octanol–water partition coefficient (Wildman–Crippen LogP) is 1.25. The molecule has 1 atom stereocenters. The van der Waals surface area contributed by atoms with Crippen molar-refractivity contribution in [3.8, 4) is 0 Å². The maximum atomic E-state index is 11.6. The lowest BCUT2D eigenvalue weighted by Gasteiger charge is -2.16. The van der Waals surface area contributed by atoms with Gasteiger partial charge in [-0.15, -0.1) is 0 Å². The second-order valence-electron chi connectivity index (χ2n) is 3.07. The highest BCUT2D eigenvalue weighted by Gasteiger charge is 2.27. The van der Waals surface area contributed by atoms with Crippen LogP contribution in [-0.2, 0) is 0 Å². The first-order valence-electron chi connectivity index (χ1n) is 3.71. The molecule has 0 heterocycles. The Labute approximate surface area is 70.0 Å². The second kappa shape index (κ2) is 4.67. The normalized spacial score (nSPS) is 15.2. The average Bonchev–Trinajstić information content (AvgIpc) is 1.80. The number of alkyl halides is 3. The zero-order chi connectivity index (χ0) is 9.78. The zero-order valence-electron chi connectivity index (χ0n) is 7.23. The van der Waals surface area contributed by atoms with Crippen LogP contribution in [0, 0.1) is 0 Å². The van der Waals surface area contributed by atoms with E-state index >= 15 is 0 Å². The number of aliphatic hydroxyl groups is 1. The molecule has 5 heteroatoms.